The molecule has 0 heterocycles. The number of allylic oxidation sites excluding steroid dienone is 2. The molecule has 0 aromatic heterocycles. The standard InChI is InChI=1S/C13H18O/c1-2-3-4-5-6-7-12-8-10-13(14)11-9-12/h3-4,8-11,14H,2,5-7H2,1H3. The summed E-state index contributed by atoms with van der Waals surface area (Å²) in [5, 5.41) is 9.09. The summed E-state index contributed by atoms with van der Waals surface area (Å²) >= 11 is 0. The molecule has 1 aromatic rings. The third kappa shape index (κ3) is 4.13. The summed E-state index contributed by atoms with van der Waals surface area (Å²) in [5.41, 5.74) is 1.30. The molecule has 0 bridgehead atoms. The van der Waals surface area contributed by atoms with Gasteiger partial charge in [-0.05, 0) is 43.4 Å². The number of hydrogen-bond donors (Lipinski definition) is 1. The average Bonchev–Trinajstić information content (AvgIpc) is 2.21. The van der Waals surface area contributed by atoms with Gasteiger partial charge in [0.1, 0.15) is 5.75 Å². The Morgan fingerprint density at radius 2 is 1.86 bits per heavy atom. The molecule has 1 heteroatoms. The number of rotatable bonds is 5. The highest BCUT2D eigenvalue weighted by molar-refractivity contribution is 5.25. The van der Waals surface area contributed by atoms with E-state index in [2.05, 4.69) is 19.1 Å². The van der Waals surface area contributed by atoms with Crippen LogP contribution in [0, 0.1) is 0 Å². The van der Waals surface area contributed by atoms with E-state index in [4.69, 9.17) is 5.11 Å². The number of unbranched alkanes of at least 4 members (excludes halogenated alkanes) is 1. The highest BCUT2D eigenvalue weighted by atomic mass is 16.3. The summed E-state index contributed by atoms with van der Waals surface area (Å²) < 4.78 is 0. The van der Waals surface area contributed by atoms with Crippen LogP contribution in [-0.2, 0) is 6.42 Å². The number of phenolic OH excluding ortho intramolecular Hbond substituents is 1. The Kier molecular flexibility index (Phi) is 4.84. The molecule has 0 aliphatic rings. The number of aryl methyl sites for hydroxylation is 1. The van der Waals surface area contributed by atoms with Gasteiger partial charge in [-0.25, -0.2) is 0 Å². The van der Waals surface area contributed by atoms with Crippen molar-refractivity contribution < 1.29 is 5.11 Å². The molecule has 0 amide bonds. The summed E-state index contributed by atoms with van der Waals surface area (Å²) in [7, 11) is 0. The lowest BCUT2D eigenvalue weighted by Crippen LogP contribution is -1.83. The first kappa shape index (κ1) is 10.8. The Bertz CT molecular complexity index is 272. The van der Waals surface area contributed by atoms with Gasteiger partial charge in [0, 0.05) is 0 Å². The van der Waals surface area contributed by atoms with Crippen molar-refractivity contribution in [2.24, 2.45) is 0 Å². The zero-order chi connectivity index (χ0) is 10.2. The van der Waals surface area contributed by atoms with Gasteiger partial charge < -0.3 is 5.11 Å². The van der Waals surface area contributed by atoms with E-state index in [1.807, 2.05) is 12.1 Å². The Morgan fingerprint density at radius 3 is 2.50 bits per heavy atom. The Morgan fingerprint density at radius 1 is 1.14 bits per heavy atom. The molecule has 0 aliphatic heterocycles. The number of aromatic hydroxyl groups is 1. The minimum absolute atomic E-state index is 0.347. The van der Waals surface area contributed by atoms with E-state index in [9.17, 15) is 0 Å². The molecule has 1 N–H and O–H groups in total. The van der Waals surface area contributed by atoms with Gasteiger partial charge in [0.25, 0.3) is 0 Å². The third-order valence-corrected chi connectivity index (χ3v) is 2.17. The van der Waals surface area contributed by atoms with Crippen LogP contribution < -0.4 is 0 Å². The van der Waals surface area contributed by atoms with E-state index in [1.54, 1.807) is 12.1 Å². The maximum Gasteiger partial charge on any atom is 0.115 e. The SMILES string of the molecule is CCC=CCCCc1ccc(O)cc1. The molecular weight excluding hydrogens is 172 g/mol. The smallest absolute Gasteiger partial charge is 0.115 e. The van der Waals surface area contributed by atoms with Crippen LogP contribution >= 0.6 is 0 Å². The molecular formula is C13H18O. The molecule has 14 heavy (non-hydrogen) atoms. The maximum atomic E-state index is 9.09. The van der Waals surface area contributed by atoms with Crippen molar-refractivity contribution in [2.45, 2.75) is 32.6 Å². The van der Waals surface area contributed by atoms with Crippen molar-refractivity contribution in [3.8, 4) is 5.75 Å². The van der Waals surface area contributed by atoms with Gasteiger partial charge in [-0.1, -0.05) is 31.2 Å². The summed E-state index contributed by atoms with van der Waals surface area (Å²) in [6.45, 7) is 2.15. The maximum absolute atomic E-state index is 9.09. The molecule has 0 saturated heterocycles. The Hall–Kier alpha value is -1.24. The predicted molar refractivity (Wildman–Crippen MR) is 60.5 cm³/mol. The molecule has 0 atom stereocenters. The molecule has 1 aromatic carbocycles. The van der Waals surface area contributed by atoms with Crippen LogP contribution in [0.5, 0.6) is 5.75 Å². The van der Waals surface area contributed by atoms with Crippen LogP contribution in [0.4, 0.5) is 0 Å². The summed E-state index contributed by atoms with van der Waals surface area (Å²) in [6.07, 6.45) is 8.99. The summed E-state index contributed by atoms with van der Waals surface area (Å²) in [5.74, 6) is 0.347. The lowest BCUT2D eigenvalue weighted by molar-refractivity contribution is 0.475. The quantitative estimate of drug-likeness (QED) is 0.554. The molecule has 0 aliphatic carbocycles. The molecule has 0 fully saturated rings. The van der Waals surface area contributed by atoms with Crippen molar-refractivity contribution in [1.82, 2.24) is 0 Å². The van der Waals surface area contributed by atoms with Gasteiger partial charge in [0.2, 0.25) is 0 Å². The summed E-state index contributed by atoms with van der Waals surface area (Å²) in [6, 6.07) is 7.46. The lowest BCUT2D eigenvalue weighted by Gasteiger charge is -1.99. The first-order valence-corrected chi connectivity index (χ1v) is 5.26. The van der Waals surface area contributed by atoms with E-state index < -0.39 is 0 Å². The largest absolute Gasteiger partial charge is 0.508 e. The zero-order valence-corrected chi connectivity index (χ0v) is 8.74. The van der Waals surface area contributed by atoms with Gasteiger partial charge in [0.05, 0.1) is 0 Å². The van der Waals surface area contributed by atoms with Gasteiger partial charge in [-0.3, -0.25) is 0 Å². The van der Waals surface area contributed by atoms with E-state index >= 15 is 0 Å². The van der Waals surface area contributed by atoms with Crippen molar-refractivity contribution in [2.75, 3.05) is 0 Å². The molecule has 76 valence electrons. The fraction of sp³-hybridized carbons (Fsp3) is 0.385. The van der Waals surface area contributed by atoms with Crippen molar-refractivity contribution in [1.29, 1.82) is 0 Å². The number of hydrogen-bond acceptors (Lipinski definition) is 1. The minimum Gasteiger partial charge on any atom is -0.508 e. The molecule has 1 nitrogen and oxygen atoms in total. The summed E-state index contributed by atoms with van der Waals surface area (Å²) in [4.78, 5) is 0. The van der Waals surface area contributed by atoms with Crippen molar-refractivity contribution >= 4 is 0 Å². The van der Waals surface area contributed by atoms with E-state index in [0.29, 0.717) is 5.75 Å². The van der Waals surface area contributed by atoms with Crippen LogP contribution in [0.15, 0.2) is 36.4 Å². The molecule has 0 radical (unpaired) electrons. The highest BCUT2D eigenvalue weighted by Crippen LogP contribution is 2.11. The number of benzene rings is 1. The van der Waals surface area contributed by atoms with Gasteiger partial charge >= 0.3 is 0 Å². The monoisotopic (exact) mass is 190 g/mol. The van der Waals surface area contributed by atoms with Crippen LogP contribution in [-0.4, -0.2) is 5.11 Å². The predicted octanol–water partition coefficient (Wildman–Crippen LogP) is 3.68. The normalized spacial score (nSPS) is 10.9. The van der Waals surface area contributed by atoms with E-state index in [1.165, 1.54) is 12.0 Å². The second-order valence-electron chi connectivity index (χ2n) is 3.44. The van der Waals surface area contributed by atoms with Crippen molar-refractivity contribution in [3.63, 3.8) is 0 Å². The zero-order valence-electron chi connectivity index (χ0n) is 8.74. The van der Waals surface area contributed by atoms with Crippen LogP contribution in [0.25, 0.3) is 0 Å². The fourth-order valence-electron chi connectivity index (χ4n) is 1.37. The fourth-order valence-corrected chi connectivity index (χ4v) is 1.37. The van der Waals surface area contributed by atoms with Gasteiger partial charge in [-0.15, -0.1) is 0 Å². The molecule has 0 spiro atoms. The molecule has 0 saturated carbocycles. The molecule has 1 rings (SSSR count). The minimum atomic E-state index is 0.347. The van der Waals surface area contributed by atoms with Gasteiger partial charge in [0.15, 0.2) is 0 Å². The van der Waals surface area contributed by atoms with Crippen LogP contribution in [0.3, 0.4) is 0 Å². The molecule has 0 unspecified atom stereocenters. The second-order valence-corrected chi connectivity index (χ2v) is 3.44. The highest BCUT2D eigenvalue weighted by Gasteiger charge is 1.92. The number of phenols is 1. The first-order chi connectivity index (χ1) is 6.83. The Balaban J connectivity index is 2.25. The van der Waals surface area contributed by atoms with Crippen LogP contribution in [0.2, 0.25) is 0 Å². The third-order valence-electron chi connectivity index (χ3n) is 2.17. The van der Waals surface area contributed by atoms with E-state index in [-0.39, 0.29) is 0 Å². The second kappa shape index (κ2) is 6.25. The topological polar surface area (TPSA) is 20.2 Å². The lowest BCUT2D eigenvalue weighted by atomic mass is 10.1. The first-order valence-electron chi connectivity index (χ1n) is 5.26. The van der Waals surface area contributed by atoms with Gasteiger partial charge in [-0.2, -0.15) is 0 Å². The van der Waals surface area contributed by atoms with Crippen molar-refractivity contribution in [3.05, 3.63) is 42.0 Å². The van der Waals surface area contributed by atoms with Crippen LogP contribution in [0.1, 0.15) is 31.7 Å². The van der Waals surface area contributed by atoms with E-state index in [0.717, 1.165) is 19.3 Å². The average molecular weight is 190 g/mol. The Labute approximate surface area is 86.1 Å².